The van der Waals surface area contributed by atoms with Crippen molar-refractivity contribution in [1.29, 1.82) is 5.26 Å². The molecule has 1 fully saturated rings. The van der Waals surface area contributed by atoms with E-state index in [4.69, 9.17) is 5.26 Å². The summed E-state index contributed by atoms with van der Waals surface area (Å²) in [5, 5.41) is 8.87. The maximum absolute atomic E-state index is 13.0. The van der Waals surface area contributed by atoms with Crippen LogP contribution in [-0.4, -0.2) is 43.9 Å². The van der Waals surface area contributed by atoms with Crippen molar-refractivity contribution < 1.29 is 8.42 Å². The molecular formula is C21H26N4O2S. The first-order valence-electron chi connectivity index (χ1n) is 9.50. The largest absolute Gasteiger partial charge is 0.354 e. The highest BCUT2D eigenvalue weighted by Gasteiger charge is 2.29. The highest BCUT2D eigenvalue weighted by Crippen LogP contribution is 2.28. The third-order valence-electron chi connectivity index (χ3n) is 5.60. The van der Waals surface area contributed by atoms with Crippen LogP contribution in [0.3, 0.4) is 0 Å². The molecule has 0 radical (unpaired) electrons. The van der Waals surface area contributed by atoms with Crippen LogP contribution < -0.4 is 4.90 Å². The monoisotopic (exact) mass is 398 g/mol. The van der Waals surface area contributed by atoms with Crippen molar-refractivity contribution in [2.75, 3.05) is 31.1 Å². The number of piperazine rings is 1. The van der Waals surface area contributed by atoms with E-state index in [1.807, 2.05) is 17.0 Å². The molecule has 2 aromatic rings. The van der Waals surface area contributed by atoms with Crippen LogP contribution in [0.5, 0.6) is 0 Å². The fourth-order valence-corrected chi connectivity index (χ4v) is 4.65. The number of anilines is 1. The second kappa shape index (κ2) is 7.90. The van der Waals surface area contributed by atoms with Crippen LogP contribution in [0, 0.1) is 11.3 Å². The normalized spacial score (nSPS) is 16.0. The predicted molar refractivity (Wildman–Crippen MR) is 110 cm³/mol. The average molecular weight is 399 g/mol. The zero-order valence-corrected chi connectivity index (χ0v) is 17.4. The highest BCUT2D eigenvalue weighted by atomic mass is 32.2. The van der Waals surface area contributed by atoms with Gasteiger partial charge < -0.3 is 4.90 Å². The predicted octanol–water partition coefficient (Wildman–Crippen LogP) is 3.15. The van der Waals surface area contributed by atoms with Gasteiger partial charge in [-0.05, 0) is 41.7 Å². The Hall–Kier alpha value is -2.43. The number of rotatable bonds is 5. The number of hydrogen-bond donors (Lipinski definition) is 0. The van der Waals surface area contributed by atoms with E-state index in [1.165, 1.54) is 10.5 Å². The minimum atomic E-state index is -3.50. The molecule has 28 heavy (non-hydrogen) atoms. The van der Waals surface area contributed by atoms with Crippen LogP contribution in [0.15, 0.2) is 47.5 Å². The summed E-state index contributed by atoms with van der Waals surface area (Å²) in [4.78, 5) is 6.68. The highest BCUT2D eigenvalue weighted by molar-refractivity contribution is 7.89. The van der Waals surface area contributed by atoms with Crippen LogP contribution in [0.1, 0.15) is 38.3 Å². The van der Waals surface area contributed by atoms with Crippen LogP contribution in [0.4, 0.5) is 5.82 Å². The second-order valence-electron chi connectivity index (χ2n) is 7.67. The minimum absolute atomic E-state index is 0.0298. The molecule has 0 atom stereocenters. The third kappa shape index (κ3) is 4.03. The van der Waals surface area contributed by atoms with Gasteiger partial charge in [0.25, 0.3) is 0 Å². The number of hydrogen-bond acceptors (Lipinski definition) is 5. The summed E-state index contributed by atoms with van der Waals surface area (Å²) in [7, 11) is -3.50. The molecule has 2 heterocycles. The summed E-state index contributed by atoms with van der Waals surface area (Å²) in [6, 6.07) is 12.9. The summed E-state index contributed by atoms with van der Waals surface area (Å²) in [6.45, 7) is 8.41. The summed E-state index contributed by atoms with van der Waals surface area (Å²) in [5.74, 6) is 0.766. The van der Waals surface area contributed by atoms with E-state index in [1.54, 1.807) is 24.3 Å². The topological polar surface area (TPSA) is 77.3 Å². The molecule has 0 unspecified atom stereocenters. The summed E-state index contributed by atoms with van der Waals surface area (Å²) >= 11 is 0. The molecule has 0 bridgehead atoms. The zero-order valence-electron chi connectivity index (χ0n) is 16.6. The molecule has 0 N–H and O–H groups in total. The smallest absolute Gasteiger partial charge is 0.243 e. The fourth-order valence-electron chi connectivity index (χ4n) is 3.23. The van der Waals surface area contributed by atoms with E-state index in [0.29, 0.717) is 36.6 Å². The van der Waals surface area contributed by atoms with Crippen molar-refractivity contribution >= 4 is 15.8 Å². The number of nitriles is 1. The van der Waals surface area contributed by atoms with Gasteiger partial charge in [0.15, 0.2) is 0 Å². The molecule has 3 rings (SSSR count). The van der Waals surface area contributed by atoms with E-state index < -0.39 is 10.0 Å². The van der Waals surface area contributed by atoms with Crippen molar-refractivity contribution in [1.82, 2.24) is 9.29 Å². The molecule has 1 saturated heterocycles. The Labute approximate surface area is 167 Å². The number of sulfonamides is 1. The van der Waals surface area contributed by atoms with Crippen molar-refractivity contribution in [3.63, 3.8) is 0 Å². The maximum atomic E-state index is 13.0. The van der Waals surface area contributed by atoms with Gasteiger partial charge in [0.1, 0.15) is 11.9 Å². The molecular weight excluding hydrogens is 372 g/mol. The molecule has 1 aliphatic rings. The van der Waals surface area contributed by atoms with E-state index >= 15 is 0 Å². The Balaban J connectivity index is 1.69. The Morgan fingerprint density at radius 2 is 1.71 bits per heavy atom. The summed E-state index contributed by atoms with van der Waals surface area (Å²) < 4.78 is 27.5. The van der Waals surface area contributed by atoms with Gasteiger partial charge in [0.05, 0.1) is 10.5 Å². The van der Waals surface area contributed by atoms with Crippen molar-refractivity contribution in [3.8, 4) is 6.07 Å². The fraction of sp³-hybridized carbons (Fsp3) is 0.429. The van der Waals surface area contributed by atoms with Crippen molar-refractivity contribution in [2.45, 2.75) is 37.5 Å². The average Bonchev–Trinajstić information content (AvgIpc) is 2.74. The van der Waals surface area contributed by atoms with Crippen LogP contribution >= 0.6 is 0 Å². The van der Waals surface area contributed by atoms with Gasteiger partial charge >= 0.3 is 0 Å². The molecule has 1 aliphatic heterocycles. The first-order chi connectivity index (χ1) is 13.3. The maximum Gasteiger partial charge on any atom is 0.243 e. The van der Waals surface area contributed by atoms with Crippen LogP contribution in [0.2, 0.25) is 0 Å². The van der Waals surface area contributed by atoms with E-state index in [2.05, 4.69) is 31.8 Å². The van der Waals surface area contributed by atoms with Gasteiger partial charge in [0.2, 0.25) is 10.0 Å². The Morgan fingerprint density at radius 3 is 2.21 bits per heavy atom. The quantitative estimate of drug-likeness (QED) is 0.773. The molecule has 6 nitrogen and oxygen atoms in total. The third-order valence-corrected chi connectivity index (χ3v) is 7.51. The van der Waals surface area contributed by atoms with Crippen LogP contribution in [0.25, 0.3) is 0 Å². The number of benzene rings is 1. The van der Waals surface area contributed by atoms with Gasteiger partial charge in [-0.1, -0.05) is 32.9 Å². The molecule has 148 valence electrons. The van der Waals surface area contributed by atoms with Gasteiger partial charge in [-0.3, -0.25) is 0 Å². The van der Waals surface area contributed by atoms with Crippen molar-refractivity contribution in [3.05, 3.63) is 53.7 Å². The second-order valence-corrected chi connectivity index (χ2v) is 9.61. The molecule has 1 aromatic heterocycles. The standard InChI is InChI=1S/C21H26N4O2S/c1-4-21(2,3)18-6-8-19(9-7-18)28(26,27)25-13-11-24(12-14-25)20-10-5-17(15-22)16-23-20/h5-10,16H,4,11-14H2,1-3H3. The first kappa shape index (κ1) is 20.3. The van der Waals surface area contributed by atoms with E-state index in [0.717, 1.165) is 17.8 Å². The van der Waals surface area contributed by atoms with Crippen molar-refractivity contribution in [2.24, 2.45) is 0 Å². The van der Waals surface area contributed by atoms with E-state index in [-0.39, 0.29) is 5.41 Å². The van der Waals surface area contributed by atoms with Gasteiger partial charge in [-0.15, -0.1) is 0 Å². The van der Waals surface area contributed by atoms with Gasteiger partial charge in [0, 0.05) is 32.4 Å². The van der Waals surface area contributed by atoms with Gasteiger partial charge in [-0.2, -0.15) is 9.57 Å². The van der Waals surface area contributed by atoms with Crippen LogP contribution in [-0.2, 0) is 15.4 Å². The van der Waals surface area contributed by atoms with Gasteiger partial charge in [-0.25, -0.2) is 13.4 Å². The molecule has 0 amide bonds. The minimum Gasteiger partial charge on any atom is -0.354 e. The number of aromatic nitrogens is 1. The Morgan fingerprint density at radius 1 is 1.07 bits per heavy atom. The summed E-state index contributed by atoms with van der Waals surface area (Å²) in [5.41, 5.74) is 1.69. The number of nitrogens with zero attached hydrogens (tertiary/aromatic N) is 4. The molecule has 0 saturated carbocycles. The molecule has 7 heteroatoms. The Kier molecular flexibility index (Phi) is 5.73. The molecule has 0 spiro atoms. The lowest BCUT2D eigenvalue weighted by Crippen LogP contribution is -2.48. The Bertz CT molecular complexity index is 953. The SMILES string of the molecule is CCC(C)(C)c1ccc(S(=O)(=O)N2CCN(c3ccc(C#N)cn3)CC2)cc1. The lowest BCUT2D eigenvalue weighted by atomic mass is 9.82. The molecule has 0 aliphatic carbocycles. The zero-order chi connectivity index (χ0) is 20.4. The lowest BCUT2D eigenvalue weighted by Gasteiger charge is -2.34. The number of pyridine rings is 1. The first-order valence-corrected chi connectivity index (χ1v) is 10.9. The van der Waals surface area contributed by atoms with E-state index in [9.17, 15) is 8.42 Å². The lowest BCUT2D eigenvalue weighted by molar-refractivity contribution is 0.384. The summed E-state index contributed by atoms with van der Waals surface area (Å²) in [6.07, 6.45) is 2.53. The molecule has 1 aromatic carbocycles.